The number of hydrazone groups is 1. The molecule has 1 aromatic heterocycles. The Morgan fingerprint density at radius 2 is 1.84 bits per heavy atom. The summed E-state index contributed by atoms with van der Waals surface area (Å²) in [5, 5.41) is 10.9. The maximum absolute atomic E-state index is 12.1. The van der Waals surface area contributed by atoms with Gasteiger partial charge in [0.2, 0.25) is 0 Å². The summed E-state index contributed by atoms with van der Waals surface area (Å²) in [5.41, 5.74) is 6.53. The molecule has 0 fully saturated rings. The topological polar surface area (TPSA) is 73.4 Å². The Labute approximate surface area is 146 Å². The largest absolute Gasteiger partial charge is 0.378 e. The molecule has 2 aromatic carbocycles. The first-order chi connectivity index (χ1) is 12.1. The third-order valence-electron chi connectivity index (χ3n) is 3.68. The molecule has 0 saturated carbocycles. The maximum atomic E-state index is 12.1. The minimum absolute atomic E-state index is 0.337. The molecule has 0 aliphatic carbocycles. The number of nitrogens with one attached hydrogen (secondary N) is 2. The van der Waals surface area contributed by atoms with Crippen LogP contribution in [0.3, 0.4) is 0 Å². The van der Waals surface area contributed by atoms with Crippen LogP contribution in [0.15, 0.2) is 65.8 Å². The lowest BCUT2D eigenvalue weighted by molar-refractivity contribution is 0.0950. The number of carbonyl (C=O) groups is 1. The summed E-state index contributed by atoms with van der Waals surface area (Å²) in [7, 11) is 3.97. The Morgan fingerprint density at radius 1 is 1.12 bits per heavy atom. The fraction of sp³-hybridized carbons (Fsp3) is 0.105. The smallest absolute Gasteiger partial charge is 0.289 e. The van der Waals surface area contributed by atoms with Crippen molar-refractivity contribution in [1.82, 2.24) is 15.6 Å². The van der Waals surface area contributed by atoms with Crippen molar-refractivity contribution in [1.29, 1.82) is 0 Å². The van der Waals surface area contributed by atoms with E-state index < -0.39 is 0 Å². The highest BCUT2D eigenvalue weighted by atomic mass is 16.2. The average Bonchev–Trinajstić information content (AvgIpc) is 3.13. The molecule has 6 heteroatoms. The molecular weight excluding hydrogens is 314 g/mol. The van der Waals surface area contributed by atoms with Crippen LogP contribution in [0.5, 0.6) is 0 Å². The summed E-state index contributed by atoms with van der Waals surface area (Å²) in [4.78, 5) is 14.1. The van der Waals surface area contributed by atoms with Crippen LogP contribution in [0, 0.1) is 0 Å². The second kappa shape index (κ2) is 7.44. The van der Waals surface area contributed by atoms with Crippen LogP contribution in [0.1, 0.15) is 16.1 Å². The fourth-order valence-electron chi connectivity index (χ4n) is 2.28. The third-order valence-corrected chi connectivity index (χ3v) is 3.68. The first-order valence-corrected chi connectivity index (χ1v) is 7.85. The van der Waals surface area contributed by atoms with Crippen molar-refractivity contribution in [3.63, 3.8) is 0 Å². The third kappa shape index (κ3) is 4.11. The molecule has 0 saturated heterocycles. The van der Waals surface area contributed by atoms with E-state index in [9.17, 15) is 4.79 Å². The Hall–Kier alpha value is -3.41. The number of nitrogens with zero attached hydrogens (tertiary/aromatic N) is 3. The van der Waals surface area contributed by atoms with Gasteiger partial charge in [-0.3, -0.25) is 9.89 Å². The van der Waals surface area contributed by atoms with Crippen molar-refractivity contribution >= 4 is 17.8 Å². The van der Waals surface area contributed by atoms with Gasteiger partial charge in [-0.25, -0.2) is 5.43 Å². The highest BCUT2D eigenvalue weighted by molar-refractivity contribution is 5.94. The second-order valence-corrected chi connectivity index (χ2v) is 5.72. The molecule has 0 bridgehead atoms. The first kappa shape index (κ1) is 16.4. The number of carbonyl (C=O) groups excluding carboxylic acids is 1. The van der Waals surface area contributed by atoms with Gasteiger partial charge in [-0.2, -0.15) is 10.2 Å². The minimum Gasteiger partial charge on any atom is -0.378 e. The number of benzene rings is 2. The normalized spacial score (nSPS) is 10.8. The average molecular weight is 333 g/mol. The van der Waals surface area contributed by atoms with Gasteiger partial charge >= 0.3 is 0 Å². The first-order valence-electron chi connectivity index (χ1n) is 7.85. The van der Waals surface area contributed by atoms with Crippen molar-refractivity contribution in [2.24, 2.45) is 5.10 Å². The predicted molar refractivity (Wildman–Crippen MR) is 99.9 cm³/mol. The summed E-state index contributed by atoms with van der Waals surface area (Å²) >= 11 is 0. The van der Waals surface area contributed by atoms with Gasteiger partial charge in [-0.15, -0.1) is 0 Å². The van der Waals surface area contributed by atoms with E-state index in [1.54, 1.807) is 12.3 Å². The molecule has 6 nitrogen and oxygen atoms in total. The molecular formula is C19H19N5O. The molecule has 0 aliphatic heterocycles. The molecule has 0 atom stereocenters. The predicted octanol–water partition coefficient (Wildman–Crippen LogP) is 2.91. The number of amides is 1. The van der Waals surface area contributed by atoms with Gasteiger partial charge in [0.1, 0.15) is 5.69 Å². The molecule has 1 heterocycles. The number of aromatic amines is 1. The van der Waals surface area contributed by atoms with Gasteiger partial charge in [0.25, 0.3) is 5.91 Å². The quantitative estimate of drug-likeness (QED) is 0.557. The number of anilines is 1. The zero-order valence-corrected chi connectivity index (χ0v) is 14.1. The SMILES string of the molecule is CN(C)c1ccc(C=NNC(=O)c2cc(-c3ccccc3)n[nH]2)cc1. The molecule has 0 unspecified atom stereocenters. The van der Waals surface area contributed by atoms with Crippen LogP contribution in [0.25, 0.3) is 11.3 Å². The Balaban J connectivity index is 1.62. The molecule has 0 aliphatic rings. The molecule has 0 spiro atoms. The zero-order chi connectivity index (χ0) is 17.6. The molecule has 0 radical (unpaired) electrons. The van der Waals surface area contributed by atoms with E-state index in [0.717, 1.165) is 16.8 Å². The van der Waals surface area contributed by atoms with Crippen LogP contribution in [0.2, 0.25) is 0 Å². The van der Waals surface area contributed by atoms with Crippen LogP contribution >= 0.6 is 0 Å². The maximum Gasteiger partial charge on any atom is 0.289 e. The Kier molecular flexibility index (Phi) is 4.89. The minimum atomic E-state index is -0.337. The van der Waals surface area contributed by atoms with E-state index >= 15 is 0 Å². The number of rotatable bonds is 5. The van der Waals surface area contributed by atoms with E-state index in [4.69, 9.17) is 0 Å². The Bertz CT molecular complexity index is 866. The molecule has 2 N–H and O–H groups in total. The summed E-state index contributed by atoms with van der Waals surface area (Å²) in [5.74, 6) is -0.337. The molecule has 1 amide bonds. The van der Waals surface area contributed by atoms with Crippen LogP contribution in [-0.4, -0.2) is 36.4 Å². The Morgan fingerprint density at radius 3 is 2.52 bits per heavy atom. The molecule has 3 aromatic rings. The summed E-state index contributed by atoms with van der Waals surface area (Å²) in [6, 6.07) is 19.2. The van der Waals surface area contributed by atoms with Crippen LogP contribution < -0.4 is 10.3 Å². The lowest BCUT2D eigenvalue weighted by atomic mass is 10.1. The number of aromatic nitrogens is 2. The van der Waals surface area contributed by atoms with Crippen LogP contribution in [-0.2, 0) is 0 Å². The van der Waals surface area contributed by atoms with Crippen molar-refractivity contribution in [3.05, 3.63) is 71.9 Å². The molecule has 3 rings (SSSR count). The van der Waals surface area contributed by atoms with Gasteiger partial charge in [0.05, 0.1) is 11.9 Å². The molecule has 25 heavy (non-hydrogen) atoms. The van der Waals surface area contributed by atoms with Crippen molar-refractivity contribution in [2.75, 3.05) is 19.0 Å². The van der Waals surface area contributed by atoms with E-state index in [-0.39, 0.29) is 5.91 Å². The van der Waals surface area contributed by atoms with Gasteiger partial charge in [-0.1, -0.05) is 42.5 Å². The van der Waals surface area contributed by atoms with Gasteiger partial charge < -0.3 is 4.90 Å². The second-order valence-electron chi connectivity index (χ2n) is 5.72. The number of hydrogen-bond acceptors (Lipinski definition) is 4. The van der Waals surface area contributed by atoms with Crippen molar-refractivity contribution in [3.8, 4) is 11.3 Å². The highest BCUT2D eigenvalue weighted by Crippen LogP contribution is 2.16. The van der Waals surface area contributed by atoms with E-state index in [0.29, 0.717) is 11.4 Å². The van der Waals surface area contributed by atoms with Gasteiger partial charge in [0, 0.05) is 25.3 Å². The summed E-state index contributed by atoms with van der Waals surface area (Å²) in [6.07, 6.45) is 1.60. The van der Waals surface area contributed by atoms with E-state index in [1.165, 1.54) is 0 Å². The monoisotopic (exact) mass is 333 g/mol. The van der Waals surface area contributed by atoms with Crippen molar-refractivity contribution < 1.29 is 4.79 Å². The van der Waals surface area contributed by atoms with Crippen LogP contribution in [0.4, 0.5) is 5.69 Å². The lowest BCUT2D eigenvalue weighted by Gasteiger charge is -2.11. The molecule has 126 valence electrons. The zero-order valence-electron chi connectivity index (χ0n) is 14.1. The van der Waals surface area contributed by atoms with Crippen molar-refractivity contribution in [2.45, 2.75) is 0 Å². The van der Waals surface area contributed by atoms with E-state index in [1.807, 2.05) is 73.6 Å². The van der Waals surface area contributed by atoms with Gasteiger partial charge in [-0.05, 0) is 23.8 Å². The standard InChI is InChI=1S/C19H19N5O/c1-24(2)16-10-8-14(9-11-16)13-20-23-19(25)18-12-17(21-22-18)15-6-4-3-5-7-15/h3-13H,1-2H3,(H,21,22)(H,23,25). The number of H-pyrrole nitrogens is 1. The number of hydrogen-bond donors (Lipinski definition) is 2. The lowest BCUT2D eigenvalue weighted by Crippen LogP contribution is -2.18. The van der Waals surface area contributed by atoms with E-state index in [2.05, 4.69) is 20.7 Å². The fourth-order valence-corrected chi connectivity index (χ4v) is 2.28. The summed E-state index contributed by atoms with van der Waals surface area (Å²) in [6.45, 7) is 0. The summed E-state index contributed by atoms with van der Waals surface area (Å²) < 4.78 is 0. The highest BCUT2D eigenvalue weighted by Gasteiger charge is 2.09. The van der Waals surface area contributed by atoms with Gasteiger partial charge in [0.15, 0.2) is 0 Å².